The molecule has 0 fully saturated rings. The molecule has 1 aromatic heterocycles. The van der Waals surface area contributed by atoms with Crippen molar-refractivity contribution in [1.29, 1.82) is 5.26 Å². The number of rotatable bonds is 0. The minimum atomic E-state index is 0.744. The topological polar surface area (TPSA) is 54.5 Å². The molecule has 0 bridgehead atoms. The van der Waals surface area contributed by atoms with Crippen LogP contribution in [0, 0.1) is 11.5 Å². The van der Waals surface area contributed by atoms with Gasteiger partial charge in [-0.3, -0.25) is 0 Å². The minimum Gasteiger partial charge on any atom is -0.169 e. The number of nitrogens with zero attached hydrogens (tertiary/aromatic N) is 4. The lowest BCUT2D eigenvalue weighted by Crippen LogP contribution is -1.90. The van der Waals surface area contributed by atoms with Gasteiger partial charge in [0.2, 0.25) is 6.19 Å². The van der Waals surface area contributed by atoms with Crippen molar-refractivity contribution in [2.24, 2.45) is 0 Å². The zero-order valence-corrected chi connectivity index (χ0v) is 5.60. The number of fused-ring (bicyclic) bond motifs is 1. The van der Waals surface area contributed by atoms with Gasteiger partial charge >= 0.3 is 0 Å². The molecule has 4 heteroatoms. The van der Waals surface area contributed by atoms with Crippen LogP contribution in [0.3, 0.4) is 0 Å². The molecule has 0 atom stereocenters. The molecule has 1 heterocycles. The highest BCUT2D eigenvalue weighted by Gasteiger charge is 1.97. The lowest BCUT2D eigenvalue weighted by atomic mass is 10.3. The lowest BCUT2D eigenvalue weighted by molar-refractivity contribution is 0.781. The molecule has 0 saturated heterocycles. The normalized spacial score (nSPS) is 9.73. The summed E-state index contributed by atoms with van der Waals surface area (Å²) in [6.07, 6.45) is 1.81. The molecule has 2 rings (SSSR count). The SMILES string of the molecule is N#Cn1nc2ccccc2n1. The molecule has 52 valence electrons. The maximum Gasteiger partial charge on any atom is 0.225 e. The van der Waals surface area contributed by atoms with Gasteiger partial charge in [-0.05, 0) is 12.1 Å². The van der Waals surface area contributed by atoms with Crippen LogP contribution in [0.5, 0.6) is 0 Å². The van der Waals surface area contributed by atoms with E-state index in [2.05, 4.69) is 10.2 Å². The molecule has 11 heavy (non-hydrogen) atoms. The van der Waals surface area contributed by atoms with E-state index in [9.17, 15) is 0 Å². The van der Waals surface area contributed by atoms with Crippen LogP contribution in [0.15, 0.2) is 24.3 Å². The Morgan fingerprint density at radius 3 is 2.18 bits per heavy atom. The number of aromatic nitrogens is 3. The highest BCUT2D eigenvalue weighted by molar-refractivity contribution is 5.73. The Labute approximate surface area is 62.7 Å². The largest absolute Gasteiger partial charge is 0.225 e. The Kier molecular flexibility index (Phi) is 1.10. The zero-order valence-electron chi connectivity index (χ0n) is 5.60. The van der Waals surface area contributed by atoms with Crippen molar-refractivity contribution in [3.63, 3.8) is 0 Å². The molecule has 0 radical (unpaired) electrons. The van der Waals surface area contributed by atoms with Gasteiger partial charge in [-0.25, -0.2) is 0 Å². The van der Waals surface area contributed by atoms with Gasteiger partial charge < -0.3 is 0 Å². The molecule has 0 aliphatic carbocycles. The third kappa shape index (κ3) is 0.829. The van der Waals surface area contributed by atoms with Crippen LogP contribution in [-0.4, -0.2) is 15.0 Å². The van der Waals surface area contributed by atoms with Crippen LogP contribution in [0.2, 0.25) is 0 Å². The van der Waals surface area contributed by atoms with E-state index < -0.39 is 0 Å². The first-order chi connectivity index (χ1) is 5.40. The van der Waals surface area contributed by atoms with Crippen molar-refractivity contribution in [3.8, 4) is 6.19 Å². The van der Waals surface area contributed by atoms with E-state index in [4.69, 9.17) is 5.26 Å². The highest BCUT2D eigenvalue weighted by Crippen LogP contribution is 2.05. The summed E-state index contributed by atoms with van der Waals surface area (Å²) in [7, 11) is 0. The first kappa shape index (κ1) is 5.86. The zero-order chi connectivity index (χ0) is 7.68. The van der Waals surface area contributed by atoms with E-state index >= 15 is 0 Å². The Bertz CT molecular complexity index is 390. The summed E-state index contributed by atoms with van der Waals surface area (Å²) in [6.45, 7) is 0. The van der Waals surface area contributed by atoms with Gasteiger partial charge in [-0.2, -0.15) is 5.26 Å². The molecule has 0 amide bonds. The number of nitriles is 1. The second-order valence-electron chi connectivity index (χ2n) is 2.08. The maximum atomic E-state index is 8.43. The van der Waals surface area contributed by atoms with Crippen LogP contribution in [0.25, 0.3) is 11.0 Å². The first-order valence-electron chi connectivity index (χ1n) is 3.12. The Morgan fingerprint density at radius 1 is 1.18 bits per heavy atom. The van der Waals surface area contributed by atoms with E-state index in [0.717, 1.165) is 15.8 Å². The Hall–Kier alpha value is -1.89. The fourth-order valence-corrected chi connectivity index (χ4v) is 0.904. The van der Waals surface area contributed by atoms with E-state index in [0.29, 0.717) is 0 Å². The monoisotopic (exact) mass is 144 g/mol. The average molecular weight is 144 g/mol. The summed E-state index contributed by atoms with van der Waals surface area (Å²) in [5.41, 5.74) is 1.49. The smallest absolute Gasteiger partial charge is 0.169 e. The fraction of sp³-hybridized carbons (Fsp3) is 0. The summed E-state index contributed by atoms with van der Waals surface area (Å²) in [5, 5.41) is 16.2. The van der Waals surface area contributed by atoms with Gasteiger partial charge in [-0.1, -0.05) is 16.9 Å². The molecule has 2 aromatic rings. The first-order valence-corrected chi connectivity index (χ1v) is 3.12. The van der Waals surface area contributed by atoms with Crippen LogP contribution in [0.4, 0.5) is 0 Å². The second-order valence-corrected chi connectivity index (χ2v) is 2.08. The Balaban J connectivity index is 2.81. The molecule has 0 unspecified atom stereocenters. The van der Waals surface area contributed by atoms with Crippen molar-refractivity contribution < 1.29 is 0 Å². The highest BCUT2D eigenvalue weighted by atomic mass is 15.5. The van der Waals surface area contributed by atoms with Gasteiger partial charge in [-0.15, -0.1) is 10.2 Å². The van der Waals surface area contributed by atoms with E-state index in [1.807, 2.05) is 30.5 Å². The van der Waals surface area contributed by atoms with Gasteiger partial charge in [0, 0.05) is 0 Å². The van der Waals surface area contributed by atoms with Crippen LogP contribution in [0.1, 0.15) is 0 Å². The summed E-state index contributed by atoms with van der Waals surface area (Å²) in [4.78, 5) is 1.00. The predicted octanol–water partition coefficient (Wildman–Crippen LogP) is 0.760. The van der Waals surface area contributed by atoms with E-state index in [1.54, 1.807) is 0 Å². The molecule has 0 saturated carbocycles. The summed E-state index contributed by atoms with van der Waals surface area (Å²) >= 11 is 0. The summed E-state index contributed by atoms with van der Waals surface area (Å²) in [5.74, 6) is 0. The molecule has 0 aliphatic heterocycles. The number of hydrogen-bond donors (Lipinski definition) is 0. The quantitative estimate of drug-likeness (QED) is 0.548. The lowest BCUT2D eigenvalue weighted by Gasteiger charge is -1.77. The van der Waals surface area contributed by atoms with Gasteiger partial charge in [0.15, 0.2) is 0 Å². The molecule has 0 aliphatic rings. The van der Waals surface area contributed by atoms with Gasteiger partial charge in [0.1, 0.15) is 11.0 Å². The molecule has 4 nitrogen and oxygen atoms in total. The van der Waals surface area contributed by atoms with Crippen molar-refractivity contribution in [3.05, 3.63) is 24.3 Å². The van der Waals surface area contributed by atoms with Gasteiger partial charge in [0.25, 0.3) is 0 Å². The van der Waals surface area contributed by atoms with Gasteiger partial charge in [0.05, 0.1) is 0 Å². The molecular formula is C7H4N4. The minimum absolute atomic E-state index is 0.744. The third-order valence-corrected chi connectivity index (χ3v) is 1.38. The van der Waals surface area contributed by atoms with Crippen molar-refractivity contribution >= 4 is 11.0 Å². The van der Waals surface area contributed by atoms with E-state index in [-0.39, 0.29) is 0 Å². The summed E-state index contributed by atoms with van der Waals surface area (Å²) < 4.78 is 0. The number of hydrogen-bond acceptors (Lipinski definition) is 3. The number of benzene rings is 1. The van der Waals surface area contributed by atoms with Crippen molar-refractivity contribution in [2.75, 3.05) is 0 Å². The van der Waals surface area contributed by atoms with Crippen molar-refractivity contribution in [1.82, 2.24) is 15.0 Å². The Morgan fingerprint density at radius 2 is 1.73 bits per heavy atom. The average Bonchev–Trinajstić information content (AvgIpc) is 2.46. The molecule has 0 N–H and O–H groups in total. The predicted molar refractivity (Wildman–Crippen MR) is 38.5 cm³/mol. The maximum absolute atomic E-state index is 8.43. The second kappa shape index (κ2) is 2.06. The third-order valence-electron chi connectivity index (χ3n) is 1.38. The fourth-order valence-electron chi connectivity index (χ4n) is 0.904. The van der Waals surface area contributed by atoms with E-state index in [1.165, 1.54) is 0 Å². The molecule has 1 aromatic carbocycles. The molecule has 0 spiro atoms. The summed E-state index contributed by atoms with van der Waals surface area (Å²) in [6, 6.07) is 7.35. The van der Waals surface area contributed by atoms with Crippen LogP contribution in [-0.2, 0) is 0 Å². The van der Waals surface area contributed by atoms with Crippen LogP contribution < -0.4 is 0 Å². The standard InChI is InChI=1S/C7H4N4/c8-5-11-9-6-3-1-2-4-7(6)10-11/h1-4H. The molecular weight excluding hydrogens is 140 g/mol. The van der Waals surface area contributed by atoms with Crippen LogP contribution >= 0.6 is 0 Å². The van der Waals surface area contributed by atoms with Crippen molar-refractivity contribution in [2.45, 2.75) is 0 Å².